The number of alkyl halides is 3. The average molecular weight is 597 g/mol. The van der Waals surface area contributed by atoms with Gasteiger partial charge in [-0.2, -0.15) is 13.2 Å². The molecule has 3 aromatic rings. The highest BCUT2D eigenvalue weighted by Crippen LogP contribution is 2.43. The number of hydrogen-bond donors (Lipinski definition) is 2. The molecule has 214 valence electrons. The molecule has 2 aromatic heterocycles. The van der Waals surface area contributed by atoms with Crippen LogP contribution in [0.15, 0.2) is 30.5 Å². The first-order valence-electron chi connectivity index (χ1n) is 12.7. The van der Waals surface area contributed by atoms with Gasteiger partial charge in [-0.3, -0.25) is 14.6 Å². The maximum absolute atomic E-state index is 14.1. The number of nitrogens with zero attached hydrogens (tertiary/aromatic N) is 2. The number of benzene rings is 1. The van der Waals surface area contributed by atoms with Gasteiger partial charge in [0.1, 0.15) is 5.01 Å². The van der Waals surface area contributed by atoms with Gasteiger partial charge in [0.15, 0.2) is 15.1 Å². The fourth-order valence-electron chi connectivity index (χ4n) is 4.28. The van der Waals surface area contributed by atoms with Crippen molar-refractivity contribution in [3.63, 3.8) is 0 Å². The maximum atomic E-state index is 14.1. The first kappa shape index (κ1) is 28.4. The highest BCUT2D eigenvalue weighted by Gasteiger charge is 2.39. The van der Waals surface area contributed by atoms with E-state index in [0.29, 0.717) is 5.92 Å². The van der Waals surface area contributed by atoms with E-state index in [0.717, 1.165) is 48.8 Å². The summed E-state index contributed by atoms with van der Waals surface area (Å²) in [5.74, 6) is -1.64. The fourth-order valence-corrected chi connectivity index (χ4v) is 7.23. The van der Waals surface area contributed by atoms with Gasteiger partial charge in [-0.1, -0.05) is 6.07 Å². The summed E-state index contributed by atoms with van der Waals surface area (Å²) in [6.45, 7) is -0.645. The molecule has 2 saturated carbocycles. The second kappa shape index (κ2) is 11.1. The zero-order valence-corrected chi connectivity index (χ0v) is 23.1. The summed E-state index contributed by atoms with van der Waals surface area (Å²) in [5, 5.41) is 3.01. The van der Waals surface area contributed by atoms with Crippen molar-refractivity contribution in [2.75, 3.05) is 26.0 Å². The molecule has 0 radical (unpaired) electrons. The van der Waals surface area contributed by atoms with Crippen LogP contribution in [0, 0.1) is 0 Å². The lowest BCUT2D eigenvalue weighted by Crippen LogP contribution is -2.42. The lowest BCUT2D eigenvalue weighted by molar-refractivity contribution is -0.137. The Morgan fingerprint density at radius 1 is 1.18 bits per heavy atom. The van der Waals surface area contributed by atoms with Crippen LogP contribution in [0.4, 0.5) is 13.2 Å². The Morgan fingerprint density at radius 2 is 1.93 bits per heavy atom. The number of thiazole rings is 1. The monoisotopic (exact) mass is 596 g/mol. The first-order valence-corrected chi connectivity index (χ1v) is 15.2. The van der Waals surface area contributed by atoms with Crippen LogP contribution in [0.25, 0.3) is 21.3 Å². The number of fused-ring (bicyclic) bond motifs is 1. The van der Waals surface area contributed by atoms with Gasteiger partial charge in [-0.25, -0.2) is 13.4 Å². The Balaban J connectivity index is 1.51. The summed E-state index contributed by atoms with van der Waals surface area (Å²) in [6.07, 6.45) is 0.360. The number of pyridine rings is 1. The quantitative estimate of drug-likeness (QED) is 0.345. The number of carbonyl (C=O) groups is 2. The summed E-state index contributed by atoms with van der Waals surface area (Å²) < 4.78 is 73.9. The summed E-state index contributed by atoms with van der Waals surface area (Å²) in [6, 6.07) is 5.52. The Morgan fingerprint density at radius 3 is 2.52 bits per heavy atom. The molecule has 2 aliphatic rings. The highest BCUT2D eigenvalue weighted by atomic mass is 32.2. The predicted octanol–water partition coefficient (Wildman–Crippen LogP) is 3.75. The van der Waals surface area contributed by atoms with Crippen LogP contribution >= 0.6 is 11.3 Å². The summed E-state index contributed by atoms with van der Waals surface area (Å²) >= 11 is 0.815. The maximum Gasteiger partial charge on any atom is 0.417 e. The second-order valence-electron chi connectivity index (χ2n) is 9.96. The molecule has 2 heterocycles. The number of nitrogens with one attached hydrogen (secondary N) is 2. The van der Waals surface area contributed by atoms with Gasteiger partial charge in [0.25, 0.3) is 0 Å². The minimum atomic E-state index is -4.72. The third kappa shape index (κ3) is 6.44. The summed E-state index contributed by atoms with van der Waals surface area (Å²) in [5.41, 5.74) is -0.0654. The molecular weight excluding hydrogens is 569 g/mol. The molecule has 5 rings (SSSR count). The zero-order chi connectivity index (χ0) is 28.7. The molecule has 9 nitrogen and oxygen atoms in total. The van der Waals surface area contributed by atoms with Gasteiger partial charge in [0.2, 0.25) is 11.8 Å². The van der Waals surface area contributed by atoms with Crippen molar-refractivity contribution >= 4 is 43.2 Å². The number of ether oxygens (including phenoxy) is 1. The van der Waals surface area contributed by atoms with Gasteiger partial charge in [0, 0.05) is 36.5 Å². The number of aromatic nitrogens is 2. The SMILES string of the molecule is COCCS(=O)(=O)C(C(=O)NCC(=O)NC1CC1)c1nc2cc(C(F)(F)F)c(-c3ccc(C4CC4)nc3)cc2s1. The van der Waals surface area contributed by atoms with Crippen LogP contribution in [0.2, 0.25) is 0 Å². The van der Waals surface area contributed by atoms with Crippen LogP contribution in [-0.4, -0.2) is 62.3 Å². The highest BCUT2D eigenvalue weighted by molar-refractivity contribution is 7.92. The summed E-state index contributed by atoms with van der Waals surface area (Å²) in [7, 11) is -2.90. The Bertz CT molecular complexity index is 1530. The van der Waals surface area contributed by atoms with E-state index in [4.69, 9.17) is 4.74 Å². The lowest BCUT2D eigenvalue weighted by Gasteiger charge is -2.15. The van der Waals surface area contributed by atoms with E-state index < -0.39 is 50.9 Å². The van der Waals surface area contributed by atoms with Crippen molar-refractivity contribution in [3.05, 3.63) is 46.7 Å². The number of hydrogen-bond acceptors (Lipinski definition) is 8. The molecule has 14 heteroatoms. The van der Waals surface area contributed by atoms with Gasteiger partial charge in [0.05, 0.1) is 34.7 Å². The van der Waals surface area contributed by atoms with Crippen molar-refractivity contribution in [2.45, 2.75) is 49.1 Å². The molecule has 1 unspecified atom stereocenters. The predicted molar refractivity (Wildman–Crippen MR) is 142 cm³/mol. The van der Waals surface area contributed by atoms with E-state index in [1.54, 1.807) is 12.1 Å². The molecule has 1 aromatic carbocycles. The van der Waals surface area contributed by atoms with E-state index in [1.165, 1.54) is 19.4 Å². The number of sulfone groups is 1. The molecular formula is C26H27F3N4O5S2. The molecule has 0 saturated heterocycles. The molecule has 2 amide bonds. The molecule has 0 bridgehead atoms. The zero-order valence-electron chi connectivity index (χ0n) is 21.5. The lowest BCUT2D eigenvalue weighted by atomic mass is 9.99. The Kier molecular flexibility index (Phi) is 7.86. The molecule has 2 N–H and O–H groups in total. The van der Waals surface area contributed by atoms with Crippen LogP contribution in [0.5, 0.6) is 0 Å². The Hall–Kier alpha value is -3.10. The van der Waals surface area contributed by atoms with Crippen molar-refractivity contribution < 1.29 is 35.9 Å². The minimum Gasteiger partial charge on any atom is -0.384 e. The molecule has 1 atom stereocenters. The van der Waals surface area contributed by atoms with Crippen molar-refractivity contribution in [3.8, 4) is 11.1 Å². The fraction of sp³-hybridized carbons (Fsp3) is 0.462. The van der Waals surface area contributed by atoms with Gasteiger partial charge >= 0.3 is 6.18 Å². The van der Waals surface area contributed by atoms with Gasteiger partial charge in [-0.05, 0) is 49.4 Å². The van der Waals surface area contributed by atoms with Crippen LogP contribution in [0.1, 0.15) is 53.1 Å². The van der Waals surface area contributed by atoms with E-state index in [1.807, 2.05) is 0 Å². The molecule has 2 fully saturated rings. The van der Waals surface area contributed by atoms with E-state index >= 15 is 0 Å². The van der Waals surface area contributed by atoms with Crippen molar-refractivity contribution in [1.29, 1.82) is 0 Å². The van der Waals surface area contributed by atoms with E-state index in [9.17, 15) is 31.2 Å². The molecule has 40 heavy (non-hydrogen) atoms. The molecule has 0 aliphatic heterocycles. The molecule has 0 spiro atoms. The van der Waals surface area contributed by atoms with Crippen LogP contribution in [0.3, 0.4) is 0 Å². The van der Waals surface area contributed by atoms with E-state index in [-0.39, 0.29) is 39.0 Å². The third-order valence-corrected chi connectivity index (χ3v) is 9.83. The standard InChI is InChI=1S/C26H27F3N4O5S2/c1-38-8-9-40(36,37)23(24(35)31-13-22(34)32-16-5-6-16)25-33-20-11-18(26(27,28)29)17(10-21(20)39-25)15-4-7-19(30-12-15)14-2-3-14/h4,7,10-12,14,16,23H,2-3,5-6,8-9,13H2,1H3,(H,31,35)(H,32,34). The van der Waals surface area contributed by atoms with Crippen LogP contribution in [-0.2, 0) is 30.3 Å². The first-order chi connectivity index (χ1) is 19.0. The summed E-state index contributed by atoms with van der Waals surface area (Å²) in [4.78, 5) is 33.7. The number of carbonyl (C=O) groups excluding carboxylic acids is 2. The number of rotatable bonds is 11. The number of methoxy groups -OCH3 is 1. The second-order valence-corrected chi connectivity index (χ2v) is 13.2. The topological polar surface area (TPSA) is 127 Å². The number of amides is 2. The third-order valence-electron chi connectivity index (χ3n) is 6.70. The van der Waals surface area contributed by atoms with Crippen molar-refractivity contribution in [1.82, 2.24) is 20.6 Å². The van der Waals surface area contributed by atoms with E-state index in [2.05, 4.69) is 20.6 Å². The largest absolute Gasteiger partial charge is 0.417 e. The molecule has 2 aliphatic carbocycles. The smallest absolute Gasteiger partial charge is 0.384 e. The normalized spacial score (nSPS) is 16.6. The minimum absolute atomic E-state index is 0.0482. The Labute approximate surface area is 232 Å². The van der Waals surface area contributed by atoms with Crippen molar-refractivity contribution in [2.24, 2.45) is 0 Å². The van der Waals surface area contributed by atoms with Gasteiger partial charge < -0.3 is 15.4 Å². The van der Waals surface area contributed by atoms with Crippen LogP contribution < -0.4 is 10.6 Å². The van der Waals surface area contributed by atoms with Gasteiger partial charge in [-0.15, -0.1) is 11.3 Å². The number of halogens is 3. The average Bonchev–Trinajstić information content (AvgIpc) is 3.83.